The summed E-state index contributed by atoms with van der Waals surface area (Å²) in [6.07, 6.45) is 2.62. The van der Waals surface area contributed by atoms with E-state index in [9.17, 15) is 13.2 Å². The largest absolute Gasteiger partial charge is 0.490 e. The minimum atomic E-state index is -5.08. The van der Waals surface area contributed by atoms with Crippen molar-refractivity contribution in [1.29, 1.82) is 0 Å². The summed E-state index contributed by atoms with van der Waals surface area (Å²) in [4.78, 5) is 20.2. The van der Waals surface area contributed by atoms with E-state index in [-0.39, 0.29) is 0 Å². The molecule has 30 heavy (non-hydrogen) atoms. The fraction of sp³-hybridized carbons (Fsp3) is 0.667. The Morgan fingerprint density at radius 2 is 2.00 bits per heavy atom. The van der Waals surface area contributed by atoms with Crippen LogP contribution in [0, 0.1) is 5.92 Å². The normalized spacial score (nSPS) is 20.3. The molecule has 4 rings (SSSR count). The molecular weight excluding hydrogens is 405 g/mol. The van der Waals surface area contributed by atoms with Crippen LogP contribution in [0.25, 0.3) is 0 Å². The summed E-state index contributed by atoms with van der Waals surface area (Å²) in [5.74, 6) is -0.812. The zero-order valence-corrected chi connectivity index (χ0v) is 16.6. The molecule has 12 heteroatoms. The Balaban J connectivity index is 0.000000318. The minimum Gasteiger partial charge on any atom is -0.475 e. The predicted octanol–water partition coefficient (Wildman–Crippen LogP) is 1.96. The maximum Gasteiger partial charge on any atom is 0.490 e. The van der Waals surface area contributed by atoms with Crippen LogP contribution in [0.2, 0.25) is 0 Å². The van der Waals surface area contributed by atoms with E-state index < -0.39 is 12.1 Å². The zero-order valence-electron chi connectivity index (χ0n) is 16.6. The highest BCUT2D eigenvalue weighted by atomic mass is 19.4. The lowest BCUT2D eigenvalue weighted by atomic mass is 9.98. The molecule has 2 aromatic rings. The van der Waals surface area contributed by atoms with E-state index in [4.69, 9.17) is 19.6 Å². The smallest absolute Gasteiger partial charge is 0.475 e. The molecule has 2 aliphatic heterocycles. The molecule has 166 valence electrons. The van der Waals surface area contributed by atoms with Gasteiger partial charge in [-0.05, 0) is 25.7 Å². The molecule has 0 radical (unpaired) electrons. The standard InChI is InChI=1S/C16H24N6O.C2HF3O2/c1-13-16-18-8-15(10-21-12-17-11-19-21)22(16)5-4-20(13)9-14-2-6-23-7-3-14;3-2(4,5)1(6)7/h8,11-14H,2-7,9-10H2,1H3;(H,6,7). The van der Waals surface area contributed by atoms with Gasteiger partial charge in [0.2, 0.25) is 0 Å². The van der Waals surface area contributed by atoms with Crippen molar-refractivity contribution in [1.82, 2.24) is 29.2 Å². The molecule has 1 N–H and O–H groups in total. The number of hydrogen-bond donors (Lipinski definition) is 1. The molecule has 1 fully saturated rings. The maximum absolute atomic E-state index is 10.6. The van der Waals surface area contributed by atoms with Crippen LogP contribution in [0.5, 0.6) is 0 Å². The molecule has 1 atom stereocenters. The van der Waals surface area contributed by atoms with Crippen LogP contribution < -0.4 is 0 Å². The first-order valence-electron chi connectivity index (χ1n) is 9.74. The van der Waals surface area contributed by atoms with E-state index in [1.54, 1.807) is 12.7 Å². The Morgan fingerprint density at radius 1 is 1.30 bits per heavy atom. The monoisotopic (exact) mass is 430 g/mol. The molecule has 1 unspecified atom stereocenters. The van der Waals surface area contributed by atoms with Gasteiger partial charge in [-0.25, -0.2) is 19.4 Å². The van der Waals surface area contributed by atoms with E-state index in [1.165, 1.54) is 24.4 Å². The first-order chi connectivity index (χ1) is 14.3. The van der Waals surface area contributed by atoms with Crippen LogP contribution in [0.4, 0.5) is 13.2 Å². The number of ether oxygens (including phenoxy) is 1. The first kappa shape index (κ1) is 22.2. The van der Waals surface area contributed by atoms with E-state index in [0.717, 1.165) is 45.3 Å². The van der Waals surface area contributed by atoms with Gasteiger partial charge in [0.15, 0.2) is 0 Å². The van der Waals surface area contributed by atoms with Gasteiger partial charge in [-0.15, -0.1) is 0 Å². The number of halogens is 3. The predicted molar refractivity (Wildman–Crippen MR) is 98.6 cm³/mol. The summed E-state index contributed by atoms with van der Waals surface area (Å²) < 4.78 is 41.4. The quantitative estimate of drug-likeness (QED) is 0.792. The van der Waals surface area contributed by atoms with Gasteiger partial charge in [0.25, 0.3) is 0 Å². The Kier molecular flexibility index (Phi) is 7.08. The number of carboxylic acid groups (broad SMARTS) is 1. The fourth-order valence-electron chi connectivity index (χ4n) is 3.72. The lowest BCUT2D eigenvalue weighted by molar-refractivity contribution is -0.192. The van der Waals surface area contributed by atoms with Gasteiger partial charge in [0.1, 0.15) is 18.5 Å². The summed E-state index contributed by atoms with van der Waals surface area (Å²) in [6, 6.07) is 0.371. The van der Waals surface area contributed by atoms with Crippen molar-refractivity contribution < 1.29 is 27.8 Å². The number of alkyl halides is 3. The number of aromatic nitrogens is 5. The van der Waals surface area contributed by atoms with Crippen molar-refractivity contribution in [2.45, 2.75) is 45.1 Å². The SMILES string of the molecule is CC1c2ncc(Cn3cncn3)n2CCN1CC1CCOCC1.O=C(O)C(F)(F)F. The second-order valence-electron chi connectivity index (χ2n) is 7.38. The van der Waals surface area contributed by atoms with Gasteiger partial charge in [-0.1, -0.05) is 0 Å². The molecular formula is C18H25F3N6O3. The lowest BCUT2D eigenvalue weighted by Crippen LogP contribution is -2.41. The van der Waals surface area contributed by atoms with Crippen molar-refractivity contribution >= 4 is 5.97 Å². The van der Waals surface area contributed by atoms with Crippen LogP contribution in [-0.2, 0) is 22.6 Å². The van der Waals surface area contributed by atoms with Gasteiger partial charge < -0.3 is 14.4 Å². The van der Waals surface area contributed by atoms with Crippen LogP contribution >= 0.6 is 0 Å². The molecule has 2 aliphatic rings. The molecule has 4 heterocycles. The summed E-state index contributed by atoms with van der Waals surface area (Å²) in [5.41, 5.74) is 1.21. The lowest BCUT2D eigenvalue weighted by Gasteiger charge is -2.37. The number of aliphatic carboxylic acids is 1. The van der Waals surface area contributed by atoms with Crippen LogP contribution in [0.1, 0.15) is 37.3 Å². The number of carboxylic acids is 1. The first-order valence-corrected chi connectivity index (χ1v) is 9.74. The Bertz CT molecular complexity index is 818. The topological polar surface area (TPSA) is 98.3 Å². The van der Waals surface area contributed by atoms with Gasteiger partial charge in [-0.2, -0.15) is 18.3 Å². The molecule has 9 nitrogen and oxygen atoms in total. The van der Waals surface area contributed by atoms with E-state index in [2.05, 4.69) is 26.5 Å². The van der Waals surface area contributed by atoms with Crippen molar-refractivity contribution in [3.63, 3.8) is 0 Å². The number of fused-ring (bicyclic) bond motifs is 1. The number of rotatable bonds is 4. The third kappa shape index (κ3) is 5.57. The molecule has 0 aliphatic carbocycles. The van der Waals surface area contributed by atoms with Crippen molar-refractivity contribution in [3.8, 4) is 0 Å². The van der Waals surface area contributed by atoms with Gasteiger partial charge in [0, 0.05) is 32.8 Å². The van der Waals surface area contributed by atoms with E-state index in [1.807, 2.05) is 10.9 Å². The average molecular weight is 430 g/mol. The molecule has 0 amide bonds. The number of hydrogen-bond acceptors (Lipinski definition) is 6. The van der Waals surface area contributed by atoms with E-state index in [0.29, 0.717) is 6.04 Å². The molecule has 0 spiro atoms. The third-order valence-corrected chi connectivity index (χ3v) is 5.37. The second-order valence-corrected chi connectivity index (χ2v) is 7.38. The molecule has 2 aromatic heterocycles. The van der Waals surface area contributed by atoms with Crippen molar-refractivity contribution in [2.24, 2.45) is 5.92 Å². The maximum atomic E-state index is 10.6. The van der Waals surface area contributed by atoms with Crippen LogP contribution in [-0.4, -0.2) is 72.8 Å². The number of carbonyl (C=O) groups is 1. The number of nitrogens with zero attached hydrogens (tertiary/aromatic N) is 6. The van der Waals surface area contributed by atoms with E-state index >= 15 is 0 Å². The minimum absolute atomic E-state index is 0.371. The Morgan fingerprint density at radius 3 is 2.60 bits per heavy atom. The molecule has 0 bridgehead atoms. The zero-order chi connectivity index (χ0) is 21.7. The van der Waals surface area contributed by atoms with Gasteiger partial charge in [0.05, 0.1) is 24.5 Å². The Hall–Kier alpha value is -2.47. The third-order valence-electron chi connectivity index (χ3n) is 5.37. The molecule has 0 saturated carbocycles. The Labute approximate surface area is 171 Å². The highest BCUT2D eigenvalue weighted by Gasteiger charge is 2.38. The highest BCUT2D eigenvalue weighted by molar-refractivity contribution is 5.73. The molecule has 1 saturated heterocycles. The second kappa shape index (κ2) is 9.56. The van der Waals surface area contributed by atoms with Gasteiger partial charge >= 0.3 is 12.1 Å². The highest BCUT2D eigenvalue weighted by Crippen LogP contribution is 2.28. The van der Waals surface area contributed by atoms with Crippen LogP contribution in [0.15, 0.2) is 18.9 Å². The summed E-state index contributed by atoms with van der Waals surface area (Å²) in [5, 5.41) is 11.3. The molecule has 0 aromatic carbocycles. The summed E-state index contributed by atoms with van der Waals surface area (Å²) in [7, 11) is 0. The van der Waals surface area contributed by atoms with Crippen LogP contribution in [0.3, 0.4) is 0 Å². The van der Waals surface area contributed by atoms with Crippen molar-refractivity contribution in [2.75, 3.05) is 26.3 Å². The average Bonchev–Trinajstić information content (AvgIpc) is 3.36. The fourth-order valence-corrected chi connectivity index (χ4v) is 3.72. The summed E-state index contributed by atoms with van der Waals surface area (Å²) >= 11 is 0. The number of imidazole rings is 1. The summed E-state index contributed by atoms with van der Waals surface area (Å²) in [6.45, 7) is 8.11. The van der Waals surface area contributed by atoms with Gasteiger partial charge in [-0.3, -0.25) is 4.90 Å². The van der Waals surface area contributed by atoms with Crippen molar-refractivity contribution in [3.05, 3.63) is 30.4 Å².